The molecule has 1 aliphatic rings. The second-order valence-corrected chi connectivity index (χ2v) is 5.33. The topological polar surface area (TPSA) is 38.5 Å². The average molecular weight is 228 g/mol. The molecule has 0 aromatic carbocycles. The van der Waals surface area contributed by atoms with E-state index in [9.17, 15) is 0 Å². The minimum Gasteiger partial charge on any atom is -0.376 e. The zero-order valence-corrected chi connectivity index (χ0v) is 11.3. The molecule has 3 nitrogen and oxygen atoms in total. The first kappa shape index (κ1) is 13.9. The third kappa shape index (κ3) is 3.19. The quantitative estimate of drug-likeness (QED) is 0.780. The van der Waals surface area contributed by atoms with Gasteiger partial charge in [-0.15, -0.1) is 0 Å². The van der Waals surface area contributed by atoms with E-state index in [1.165, 1.54) is 12.8 Å². The summed E-state index contributed by atoms with van der Waals surface area (Å²) in [5.74, 6) is 0. The van der Waals surface area contributed by atoms with Crippen molar-refractivity contribution >= 4 is 0 Å². The molecule has 0 spiro atoms. The first-order valence-corrected chi connectivity index (χ1v) is 6.62. The Kier molecular flexibility index (Phi) is 5.22. The predicted molar refractivity (Wildman–Crippen MR) is 68.5 cm³/mol. The Morgan fingerprint density at radius 1 is 1.31 bits per heavy atom. The summed E-state index contributed by atoms with van der Waals surface area (Å²) in [7, 11) is 0. The summed E-state index contributed by atoms with van der Waals surface area (Å²) >= 11 is 0. The van der Waals surface area contributed by atoms with Crippen LogP contribution in [0.5, 0.6) is 0 Å². The van der Waals surface area contributed by atoms with E-state index < -0.39 is 0 Å². The van der Waals surface area contributed by atoms with Crippen LogP contribution in [-0.4, -0.2) is 43.3 Å². The van der Waals surface area contributed by atoms with Crippen molar-refractivity contribution in [2.24, 2.45) is 11.1 Å². The maximum Gasteiger partial charge on any atom is 0.0674 e. The molecule has 2 atom stereocenters. The van der Waals surface area contributed by atoms with Gasteiger partial charge in [0.2, 0.25) is 0 Å². The molecule has 0 radical (unpaired) electrons. The summed E-state index contributed by atoms with van der Waals surface area (Å²) in [5, 5.41) is 0. The van der Waals surface area contributed by atoms with E-state index in [4.69, 9.17) is 10.5 Å². The van der Waals surface area contributed by atoms with E-state index in [2.05, 4.69) is 32.6 Å². The van der Waals surface area contributed by atoms with Gasteiger partial charge < -0.3 is 10.5 Å². The van der Waals surface area contributed by atoms with Gasteiger partial charge in [0.05, 0.1) is 12.7 Å². The molecule has 0 aromatic heterocycles. The molecule has 1 saturated heterocycles. The fourth-order valence-corrected chi connectivity index (χ4v) is 2.45. The van der Waals surface area contributed by atoms with Crippen molar-refractivity contribution in [3.05, 3.63) is 0 Å². The lowest BCUT2D eigenvalue weighted by Crippen LogP contribution is -2.52. The lowest BCUT2D eigenvalue weighted by Gasteiger charge is -2.43. The van der Waals surface area contributed by atoms with Gasteiger partial charge >= 0.3 is 0 Å². The second kappa shape index (κ2) is 5.99. The van der Waals surface area contributed by atoms with Gasteiger partial charge in [-0.1, -0.05) is 13.8 Å². The van der Waals surface area contributed by atoms with Crippen molar-refractivity contribution in [2.75, 3.05) is 26.2 Å². The van der Waals surface area contributed by atoms with E-state index in [1.54, 1.807) is 0 Å². The maximum absolute atomic E-state index is 5.97. The summed E-state index contributed by atoms with van der Waals surface area (Å²) < 4.78 is 5.66. The number of morpholine rings is 1. The predicted octanol–water partition coefficient (Wildman–Crippen LogP) is 1.86. The largest absolute Gasteiger partial charge is 0.376 e. The molecule has 1 heterocycles. The van der Waals surface area contributed by atoms with Crippen molar-refractivity contribution in [1.82, 2.24) is 4.90 Å². The second-order valence-electron chi connectivity index (χ2n) is 5.33. The summed E-state index contributed by atoms with van der Waals surface area (Å²) in [6.07, 6.45) is 2.69. The SMILES string of the molecule is CCC(CC)(CN)CN1CC(C)OCC1C. The Labute approximate surface area is 100 Å². The molecule has 2 N–H and O–H groups in total. The lowest BCUT2D eigenvalue weighted by atomic mass is 9.81. The van der Waals surface area contributed by atoms with E-state index in [1.807, 2.05) is 0 Å². The minimum absolute atomic E-state index is 0.297. The first-order valence-electron chi connectivity index (χ1n) is 6.62. The summed E-state index contributed by atoms with van der Waals surface area (Å²) in [5.41, 5.74) is 6.27. The van der Waals surface area contributed by atoms with E-state index in [-0.39, 0.29) is 0 Å². The third-order valence-corrected chi connectivity index (χ3v) is 4.21. The first-order chi connectivity index (χ1) is 7.56. The lowest BCUT2D eigenvalue weighted by molar-refractivity contribution is -0.0632. The molecule has 16 heavy (non-hydrogen) atoms. The number of ether oxygens (including phenoxy) is 1. The van der Waals surface area contributed by atoms with Crippen molar-refractivity contribution in [3.63, 3.8) is 0 Å². The molecule has 0 aromatic rings. The van der Waals surface area contributed by atoms with Crippen molar-refractivity contribution < 1.29 is 4.74 Å². The number of hydrogen-bond acceptors (Lipinski definition) is 3. The minimum atomic E-state index is 0.297. The van der Waals surface area contributed by atoms with Gasteiger partial charge in [0.1, 0.15) is 0 Å². The summed E-state index contributed by atoms with van der Waals surface area (Å²) in [6, 6.07) is 0.528. The van der Waals surface area contributed by atoms with Crippen LogP contribution in [-0.2, 0) is 4.74 Å². The van der Waals surface area contributed by atoms with Crippen molar-refractivity contribution in [3.8, 4) is 0 Å². The molecule has 0 amide bonds. The molecule has 0 aliphatic carbocycles. The number of rotatable bonds is 5. The Bertz CT molecular complexity index is 196. The molecule has 0 saturated carbocycles. The molecular weight excluding hydrogens is 200 g/mol. The monoisotopic (exact) mass is 228 g/mol. The Balaban J connectivity index is 2.62. The van der Waals surface area contributed by atoms with Crippen molar-refractivity contribution in [2.45, 2.75) is 52.7 Å². The summed E-state index contributed by atoms with van der Waals surface area (Å²) in [4.78, 5) is 2.55. The molecule has 1 fully saturated rings. The van der Waals surface area contributed by atoms with Crippen LogP contribution in [0.25, 0.3) is 0 Å². The van der Waals surface area contributed by atoms with Crippen LogP contribution < -0.4 is 5.73 Å². The third-order valence-electron chi connectivity index (χ3n) is 4.21. The molecule has 0 bridgehead atoms. The Morgan fingerprint density at radius 2 is 1.94 bits per heavy atom. The highest BCUT2D eigenvalue weighted by Crippen LogP contribution is 2.28. The van der Waals surface area contributed by atoms with Crippen LogP contribution in [0.1, 0.15) is 40.5 Å². The highest BCUT2D eigenvalue weighted by atomic mass is 16.5. The maximum atomic E-state index is 5.97. The molecule has 1 aliphatic heterocycles. The van der Waals surface area contributed by atoms with E-state index in [0.29, 0.717) is 17.6 Å². The fraction of sp³-hybridized carbons (Fsp3) is 1.00. The number of nitrogens with zero attached hydrogens (tertiary/aromatic N) is 1. The molecule has 2 unspecified atom stereocenters. The normalized spacial score (nSPS) is 28.3. The van der Waals surface area contributed by atoms with E-state index in [0.717, 1.165) is 26.2 Å². The van der Waals surface area contributed by atoms with Crippen LogP contribution in [0.2, 0.25) is 0 Å². The van der Waals surface area contributed by atoms with Crippen LogP contribution in [0.4, 0.5) is 0 Å². The van der Waals surface area contributed by atoms with Crippen LogP contribution in [0.3, 0.4) is 0 Å². The average Bonchev–Trinajstić information content (AvgIpc) is 2.31. The van der Waals surface area contributed by atoms with Crippen LogP contribution in [0, 0.1) is 5.41 Å². The molecule has 1 rings (SSSR count). The standard InChI is InChI=1S/C13H28N2O/c1-5-13(6-2,9-14)10-15-7-12(4)16-8-11(15)3/h11-12H,5-10,14H2,1-4H3. The van der Waals surface area contributed by atoms with Gasteiger partial charge in [0.15, 0.2) is 0 Å². The van der Waals surface area contributed by atoms with Gasteiger partial charge in [0, 0.05) is 19.1 Å². The fourth-order valence-electron chi connectivity index (χ4n) is 2.45. The Morgan fingerprint density at radius 3 is 2.44 bits per heavy atom. The highest BCUT2D eigenvalue weighted by molar-refractivity contribution is 4.85. The van der Waals surface area contributed by atoms with Crippen LogP contribution in [0.15, 0.2) is 0 Å². The van der Waals surface area contributed by atoms with Crippen molar-refractivity contribution in [1.29, 1.82) is 0 Å². The van der Waals surface area contributed by atoms with E-state index >= 15 is 0 Å². The smallest absolute Gasteiger partial charge is 0.0674 e. The van der Waals surface area contributed by atoms with Gasteiger partial charge in [-0.2, -0.15) is 0 Å². The number of hydrogen-bond donors (Lipinski definition) is 1. The van der Waals surface area contributed by atoms with Gasteiger partial charge in [0.25, 0.3) is 0 Å². The van der Waals surface area contributed by atoms with Gasteiger partial charge in [-0.3, -0.25) is 4.90 Å². The number of nitrogens with two attached hydrogens (primary N) is 1. The highest BCUT2D eigenvalue weighted by Gasteiger charge is 2.32. The molecule has 3 heteroatoms. The van der Waals surface area contributed by atoms with Gasteiger partial charge in [-0.25, -0.2) is 0 Å². The zero-order valence-electron chi connectivity index (χ0n) is 11.3. The Hall–Kier alpha value is -0.120. The van der Waals surface area contributed by atoms with Crippen LogP contribution >= 0.6 is 0 Å². The summed E-state index contributed by atoms with van der Waals surface area (Å²) in [6.45, 7) is 12.7. The zero-order chi connectivity index (χ0) is 12.2. The molecular formula is C13H28N2O. The molecule has 96 valence electrons. The van der Waals surface area contributed by atoms with Gasteiger partial charge in [-0.05, 0) is 38.6 Å².